The van der Waals surface area contributed by atoms with Gasteiger partial charge in [-0.3, -0.25) is 0 Å². The fraction of sp³-hybridized carbons (Fsp3) is 0.455. The number of thiol groups is 1. The number of hydrogen-bond donors (Lipinski definition) is 1. The van der Waals surface area contributed by atoms with Crippen molar-refractivity contribution in [2.75, 3.05) is 19.0 Å². The van der Waals surface area contributed by atoms with E-state index in [4.69, 9.17) is 4.74 Å². The Kier molecular flexibility index (Phi) is 4.94. The minimum atomic E-state index is 0.421. The first-order valence-electron chi connectivity index (χ1n) is 4.62. The Morgan fingerprint density at radius 1 is 1.31 bits per heavy atom. The molecule has 1 rings (SSSR count). The van der Waals surface area contributed by atoms with E-state index in [9.17, 15) is 0 Å². The molecule has 0 saturated heterocycles. The predicted octanol–water partition coefficient (Wildman–Crippen LogP) is 2.74. The van der Waals surface area contributed by atoms with Crippen LogP contribution in [-0.4, -0.2) is 19.0 Å². The van der Waals surface area contributed by atoms with Crippen LogP contribution in [0, 0.1) is 0 Å². The molecule has 0 aliphatic rings. The largest absolute Gasteiger partial charge is 0.381 e. The van der Waals surface area contributed by atoms with Gasteiger partial charge in [-0.2, -0.15) is 12.6 Å². The van der Waals surface area contributed by atoms with Crippen molar-refractivity contribution in [3.8, 4) is 0 Å². The van der Waals surface area contributed by atoms with Gasteiger partial charge >= 0.3 is 0 Å². The molecule has 0 aromatic heterocycles. The van der Waals surface area contributed by atoms with Crippen LogP contribution in [-0.2, 0) is 4.74 Å². The fourth-order valence-electron chi connectivity index (χ4n) is 1.24. The maximum atomic E-state index is 5.39. The molecule has 0 spiro atoms. The van der Waals surface area contributed by atoms with Crippen LogP contribution in [0.5, 0.6) is 0 Å². The Bertz CT molecular complexity index is 223. The summed E-state index contributed by atoms with van der Waals surface area (Å²) in [5, 5.41) is 0. The molecule has 1 aromatic rings. The summed E-state index contributed by atoms with van der Waals surface area (Å²) in [7, 11) is 0. The highest BCUT2D eigenvalue weighted by molar-refractivity contribution is 7.80. The first-order valence-corrected chi connectivity index (χ1v) is 5.25. The van der Waals surface area contributed by atoms with Crippen LogP contribution >= 0.6 is 12.6 Å². The third kappa shape index (κ3) is 3.41. The molecule has 72 valence electrons. The molecular weight excluding hydrogens is 180 g/mol. The molecule has 0 amide bonds. The smallest absolute Gasteiger partial charge is 0.0542 e. The Hall–Kier alpha value is -0.470. The molecule has 1 unspecified atom stereocenters. The molecule has 1 aromatic carbocycles. The summed E-state index contributed by atoms with van der Waals surface area (Å²) in [6, 6.07) is 10.4. The second-order valence-electron chi connectivity index (χ2n) is 2.95. The zero-order valence-electron chi connectivity index (χ0n) is 7.94. The van der Waals surface area contributed by atoms with E-state index in [1.165, 1.54) is 5.56 Å². The molecule has 1 atom stereocenters. The van der Waals surface area contributed by atoms with Crippen molar-refractivity contribution < 1.29 is 4.74 Å². The number of hydrogen-bond acceptors (Lipinski definition) is 2. The van der Waals surface area contributed by atoms with Gasteiger partial charge in [-0.25, -0.2) is 0 Å². The van der Waals surface area contributed by atoms with Crippen LogP contribution in [0.25, 0.3) is 0 Å². The maximum Gasteiger partial charge on any atom is 0.0542 e. The molecule has 2 heteroatoms. The SMILES string of the molecule is CCOCC(CS)c1ccccc1. The lowest BCUT2D eigenvalue weighted by Gasteiger charge is -2.14. The minimum absolute atomic E-state index is 0.421. The molecule has 13 heavy (non-hydrogen) atoms. The molecule has 0 fully saturated rings. The van der Waals surface area contributed by atoms with Crippen LogP contribution < -0.4 is 0 Å². The van der Waals surface area contributed by atoms with E-state index in [0.29, 0.717) is 5.92 Å². The Labute approximate surface area is 85.5 Å². The van der Waals surface area contributed by atoms with Gasteiger partial charge in [0.05, 0.1) is 6.61 Å². The quantitative estimate of drug-likeness (QED) is 0.712. The lowest BCUT2D eigenvalue weighted by atomic mass is 10.0. The van der Waals surface area contributed by atoms with Gasteiger partial charge in [0.15, 0.2) is 0 Å². The van der Waals surface area contributed by atoms with Crippen molar-refractivity contribution in [2.24, 2.45) is 0 Å². The summed E-state index contributed by atoms with van der Waals surface area (Å²) in [5.74, 6) is 1.26. The maximum absolute atomic E-state index is 5.39. The van der Waals surface area contributed by atoms with Gasteiger partial charge in [-0.15, -0.1) is 0 Å². The van der Waals surface area contributed by atoms with Gasteiger partial charge < -0.3 is 4.74 Å². The van der Waals surface area contributed by atoms with Crippen molar-refractivity contribution >= 4 is 12.6 Å². The second-order valence-corrected chi connectivity index (χ2v) is 3.31. The first-order chi connectivity index (χ1) is 6.38. The molecule has 1 nitrogen and oxygen atoms in total. The van der Waals surface area contributed by atoms with Gasteiger partial charge in [-0.05, 0) is 18.2 Å². The molecule has 0 aliphatic carbocycles. The number of rotatable bonds is 5. The predicted molar refractivity (Wildman–Crippen MR) is 59.5 cm³/mol. The van der Waals surface area contributed by atoms with E-state index in [0.717, 1.165) is 19.0 Å². The average molecular weight is 196 g/mol. The summed E-state index contributed by atoms with van der Waals surface area (Å²) in [6.45, 7) is 3.56. The average Bonchev–Trinajstić information content (AvgIpc) is 2.21. The molecule has 0 saturated carbocycles. The molecule has 0 radical (unpaired) electrons. The summed E-state index contributed by atoms with van der Waals surface area (Å²) in [4.78, 5) is 0. The zero-order chi connectivity index (χ0) is 9.52. The van der Waals surface area contributed by atoms with Gasteiger partial charge in [0.2, 0.25) is 0 Å². The normalized spacial score (nSPS) is 12.8. The standard InChI is InChI=1S/C11H16OS/c1-2-12-8-11(9-13)10-6-4-3-5-7-10/h3-7,11,13H,2,8-9H2,1H3. The summed E-state index contributed by atoms with van der Waals surface area (Å²) < 4.78 is 5.39. The summed E-state index contributed by atoms with van der Waals surface area (Å²) >= 11 is 4.32. The lowest BCUT2D eigenvalue weighted by Crippen LogP contribution is -2.09. The monoisotopic (exact) mass is 196 g/mol. The highest BCUT2D eigenvalue weighted by Crippen LogP contribution is 2.16. The van der Waals surface area contributed by atoms with E-state index in [1.807, 2.05) is 13.0 Å². The minimum Gasteiger partial charge on any atom is -0.381 e. The van der Waals surface area contributed by atoms with Crippen molar-refractivity contribution in [1.82, 2.24) is 0 Å². The van der Waals surface area contributed by atoms with Crippen LogP contribution in [0.1, 0.15) is 18.4 Å². The topological polar surface area (TPSA) is 9.23 Å². The molecule has 0 heterocycles. The van der Waals surface area contributed by atoms with Gasteiger partial charge in [-0.1, -0.05) is 30.3 Å². The van der Waals surface area contributed by atoms with E-state index in [-0.39, 0.29) is 0 Å². The van der Waals surface area contributed by atoms with E-state index in [2.05, 4.69) is 36.9 Å². The van der Waals surface area contributed by atoms with E-state index < -0.39 is 0 Å². The van der Waals surface area contributed by atoms with Gasteiger partial charge in [0.25, 0.3) is 0 Å². The van der Waals surface area contributed by atoms with Crippen molar-refractivity contribution in [3.05, 3.63) is 35.9 Å². The van der Waals surface area contributed by atoms with Crippen LogP contribution in [0.4, 0.5) is 0 Å². The molecule has 0 aliphatic heterocycles. The van der Waals surface area contributed by atoms with E-state index >= 15 is 0 Å². The van der Waals surface area contributed by atoms with Crippen molar-refractivity contribution in [3.63, 3.8) is 0 Å². The zero-order valence-corrected chi connectivity index (χ0v) is 8.84. The highest BCUT2D eigenvalue weighted by atomic mass is 32.1. The van der Waals surface area contributed by atoms with E-state index in [1.54, 1.807) is 0 Å². The molecular formula is C11H16OS. The van der Waals surface area contributed by atoms with Crippen molar-refractivity contribution in [2.45, 2.75) is 12.8 Å². The summed E-state index contributed by atoms with van der Waals surface area (Å²) in [5.41, 5.74) is 1.31. The number of benzene rings is 1. The van der Waals surface area contributed by atoms with Crippen LogP contribution in [0.15, 0.2) is 30.3 Å². The second kappa shape index (κ2) is 6.06. The van der Waals surface area contributed by atoms with Gasteiger partial charge in [0.1, 0.15) is 0 Å². The third-order valence-electron chi connectivity index (χ3n) is 2.01. The van der Waals surface area contributed by atoms with Crippen LogP contribution in [0.2, 0.25) is 0 Å². The highest BCUT2D eigenvalue weighted by Gasteiger charge is 2.08. The fourth-order valence-corrected chi connectivity index (χ4v) is 1.56. The third-order valence-corrected chi connectivity index (χ3v) is 2.46. The first kappa shape index (κ1) is 10.6. The van der Waals surface area contributed by atoms with Crippen LogP contribution in [0.3, 0.4) is 0 Å². The molecule has 0 bridgehead atoms. The van der Waals surface area contributed by atoms with Crippen molar-refractivity contribution in [1.29, 1.82) is 0 Å². The Morgan fingerprint density at radius 3 is 2.54 bits per heavy atom. The molecule has 0 N–H and O–H groups in total. The Morgan fingerprint density at radius 2 is 2.00 bits per heavy atom. The summed E-state index contributed by atoms with van der Waals surface area (Å²) in [6.07, 6.45) is 0. The lowest BCUT2D eigenvalue weighted by molar-refractivity contribution is 0.137. The number of ether oxygens (including phenoxy) is 1. The Balaban J connectivity index is 2.56. The van der Waals surface area contributed by atoms with Gasteiger partial charge in [0, 0.05) is 12.5 Å².